The van der Waals surface area contributed by atoms with E-state index in [1.54, 1.807) is 7.05 Å². The predicted octanol–water partition coefficient (Wildman–Crippen LogP) is 3.53. The third-order valence-electron chi connectivity index (χ3n) is 2.93. The number of amides is 1. The fraction of sp³-hybridized carbons (Fsp3) is 0.267. The van der Waals surface area contributed by atoms with Crippen LogP contribution in [0, 0.1) is 0 Å². The molecule has 0 unspecified atom stereocenters. The van der Waals surface area contributed by atoms with Crippen molar-refractivity contribution in [1.82, 2.24) is 9.97 Å². The van der Waals surface area contributed by atoms with Crippen molar-refractivity contribution in [1.29, 1.82) is 0 Å². The molecule has 1 aromatic heterocycles. The van der Waals surface area contributed by atoms with Crippen LogP contribution in [0.5, 0.6) is 0 Å². The van der Waals surface area contributed by atoms with Gasteiger partial charge < -0.3 is 4.90 Å². The Morgan fingerprint density at radius 1 is 1.25 bits per heavy atom. The van der Waals surface area contributed by atoms with E-state index in [0.717, 1.165) is 5.69 Å². The molecule has 0 atom stereocenters. The molecule has 2 aromatic rings. The van der Waals surface area contributed by atoms with Crippen molar-refractivity contribution in [3.8, 4) is 0 Å². The second kappa shape index (κ2) is 6.01. The van der Waals surface area contributed by atoms with E-state index in [9.17, 15) is 4.79 Å². The van der Waals surface area contributed by atoms with Gasteiger partial charge in [-0.1, -0.05) is 43.6 Å². The van der Waals surface area contributed by atoms with Crippen LogP contribution in [0.1, 0.15) is 36.1 Å². The molecule has 1 heterocycles. The largest absolute Gasteiger partial charge is 0.310 e. The lowest BCUT2D eigenvalue weighted by Gasteiger charge is -2.17. The Morgan fingerprint density at radius 2 is 1.90 bits per heavy atom. The normalized spacial score (nSPS) is 10.7. The number of halogens is 1. The van der Waals surface area contributed by atoms with Crippen molar-refractivity contribution < 1.29 is 4.79 Å². The maximum atomic E-state index is 12.5. The SMILES string of the molecule is CC(C)c1ncc(Cl)c(C(=O)N(C)c2ccccc2)n1. The molecule has 0 saturated heterocycles. The Kier molecular flexibility index (Phi) is 4.35. The van der Waals surface area contributed by atoms with Gasteiger partial charge in [0.05, 0.1) is 11.2 Å². The molecule has 0 aliphatic rings. The highest BCUT2D eigenvalue weighted by molar-refractivity contribution is 6.34. The molecule has 0 N–H and O–H groups in total. The van der Waals surface area contributed by atoms with E-state index in [0.29, 0.717) is 5.82 Å². The number of carbonyl (C=O) groups excluding carboxylic acids is 1. The molecule has 0 fully saturated rings. The molecule has 2 rings (SSSR count). The summed E-state index contributed by atoms with van der Waals surface area (Å²) in [6.07, 6.45) is 1.48. The Balaban J connectivity index is 2.36. The highest BCUT2D eigenvalue weighted by Gasteiger charge is 2.20. The molecule has 0 aliphatic carbocycles. The van der Waals surface area contributed by atoms with Gasteiger partial charge in [-0.2, -0.15) is 0 Å². The van der Waals surface area contributed by atoms with E-state index in [-0.39, 0.29) is 22.5 Å². The first-order valence-corrected chi connectivity index (χ1v) is 6.74. The molecule has 0 aliphatic heterocycles. The van der Waals surface area contributed by atoms with Crippen LogP contribution >= 0.6 is 11.6 Å². The molecule has 1 amide bonds. The zero-order valence-corrected chi connectivity index (χ0v) is 12.4. The van der Waals surface area contributed by atoms with Crippen LogP contribution in [0.2, 0.25) is 5.02 Å². The minimum Gasteiger partial charge on any atom is -0.310 e. The maximum Gasteiger partial charge on any atom is 0.278 e. The van der Waals surface area contributed by atoms with Crippen LogP contribution in [0.25, 0.3) is 0 Å². The summed E-state index contributed by atoms with van der Waals surface area (Å²) in [4.78, 5) is 22.4. The van der Waals surface area contributed by atoms with Crippen LogP contribution in [0.15, 0.2) is 36.5 Å². The summed E-state index contributed by atoms with van der Waals surface area (Å²) in [5, 5.41) is 0.266. The zero-order valence-electron chi connectivity index (χ0n) is 11.7. The highest BCUT2D eigenvalue weighted by Crippen LogP contribution is 2.20. The molecule has 5 heteroatoms. The number of hydrogen-bond acceptors (Lipinski definition) is 3. The first-order valence-electron chi connectivity index (χ1n) is 6.36. The zero-order chi connectivity index (χ0) is 14.7. The number of para-hydroxylation sites is 1. The number of aromatic nitrogens is 2. The summed E-state index contributed by atoms with van der Waals surface area (Å²) >= 11 is 6.05. The molecule has 0 radical (unpaired) electrons. The highest BCUT2D eigenvalue weighted by atomic mass is 35.5. The van der Waals surface area contributed by atoms with Gasteiger partial charge in [-0.05, 0) is 12.1 Å². The quantitative estimate of drug-likeness (QED) is 0.868. The molecular weight excluding hydrogens is 274 g/mol. The minimum absolute atomic E-state index is 0.140. The van der Waals surface area contributed by atoms with Gasteiger partial charge >= 0.3 is 0 Å². The fourth-order valence-electron chi connectivity index (χ4n) is 1.74. The summed E-state index contributed by atoms with van der Waals surface area (Å²) in [6.45, 7) is 3.94. The van der Waals surface area contributed by atoms with Gasteiger partial charge in [-0.25, -0.2) is 9.97 Å². The lowest BCUT2D eigenvalue weighted by atomic mass is 10.2. The van der Waals surface area contributed by atoms with Gasteiger partial charge in [0.1, 0.15) is 5.82 Å². The lowest BCUT2D eigenvalue weighted by Crippen LogP contribution is -2.28. The van der Waals surface area contributed by atoms with Gasteiger partial charge in [0.15, 0.2) is 5.69 Å². The number of hydrogen-bond donors (Lipinski definition) is 0. The monoisotopic (exact) mass is 289 g/mol. The second-order valence-corrected chi connectivity index (χ2v) is 5.19. The lowest BCUT2D eigenvalue weighted by molar-refractivity contribution is 0.0988. The molecule has 4 nitrogen and oxygen atoms in total. The average Bonchev–Trinajstić information content (AvgIpc) is 2.47. The summed E-state index contributed by atoms with van der Waals surface area (Å²) < 4.78 is 0. The Labute approximate surface area is 123 Å². The molecule has 0 saturated carbocycles. The first-order chi connectivity index (χ1) is 9.50. The third-order valence-corrected chi connectivity index (χ3v) is 3.21. The Hall–Kier alpha value is -1.94. The van der Waals surface area contributed by atoms with Crippen molar-refractivity contribution >= 4 is 23.2 Å². The van der Waals surface area contributed by atoms with Gasteiger partial charge in [-0.3, -0.25) is 4.79 Å². The average molecular weight is 290 g/mol. The summed E-state index contributed by atoms with van der Waals surface area (Å²) in [6, 6.07) is 9.36. The van der Waals surface area contributed by atoms with Crippen LogP contribution in [0.3, 0.4) is 0 Å². The summed E-state index contributed by atoms with van der Waals surface area (Å²) in [7, 11) is 1.70. The van der Waals surface area contributed by atoms with Crippen LogP contribution in [-0.2, 0) is 0 Å². The van der Waals surface area contributed by atoms with Crippen molar-refractivity contribution in [2.75, 3.05) is 11.9 Å². The van der Waals surface area contributed by atoms with E-state index in [1.165, 1.54) is 11.1 Å². The summed E-state index contributed by atoms with van der Waals surface area (Å²) in [5.41, 5.74) is 1.02. The van der Waals surface area contributed by atoms with Gasteiger partial charge in [0.2, 0.25) is 0 Å². The van der Waals surface area contributed by atoms with Crippen LogP contribution < -0.4 is 4.90 Å². The first kappa shape index (κ1) is 14.5. The minimum atomic E-state index is -0.245. The van der Waals surface area contributed by atoms with Crippen LogP contribution in [-0.4, -0.2) is 22.9 Å². The number of rotatable bonds is 3. The molecule has 1 aromatic carbocycles. The molecule has 0 bridgehead atoms. The summed E-state index contributed by atoms with van der Waals surface area (Å²) in [5.74, 6) is 0.505. The van der Waals surface area contributed by atoms with Gasteiger partial charge in [0.25, 0.3) is 5.91 Å². The van der Waals surface area contributed by atoms with Crippen molar-refractivity contribution in [3.05, 3.63) is 53.1 Å². The number of anilines is 1. The predicted molar refractivity (Wildman–Crippen MR) is 80.3 cm³/mol. The van der Waals surface area contributed by atoms with E-state index in [4.69, 9.17) is 11.6 Å². The molecule has 20 heavy (non-hydrogen) atoms. The Bertz CT molecular complexity index is 614. The van der Waals surface area contributed by atoms with Crippen molar-refractivity contribution in [3.63, 3.8) is 0 Å². The smallest absolute Gasteiger partial charge is 0.278 e. The number of nitrogens with zero attached hydrogens (tertiary/aromatic N) is 3. The third kappa shape index (κ3) is 2.96. The molecule has 104 valence electrons. The van der Waals surface area contributed by atoms with E-state index in [2.05, 4.69) is 9.97 Å². The van der Waals surface area contributed by atoms with Gasteiger partial charge in [-0.15, -0.1) is 0 Å². The molecular formula is C15H16ClN3O. The maximum absolute atomic E-state index is 12.5. The number of benzene rings is 1. The van der Waals surface area contributed by atoms with Gasteiger partial charge in [0, 0.05) is 18.7 Å². The van der Waals surface area contributed by atoms with E-state index >= 15 is 0 Å². The fourth-order valence-corrected chi connectivity index (χ4v) is 1.91. The second-order valence-electron chi connectivity index (χ2n) is 4.78. The Morgan fingerprint density at radius 3 is 2.50 bits per heavy atom. The topological polar surface area (TPSA) is 46.1 Å². The van der Waals surface area contributed by atoms with E-state index < -0.39 is 0 Å². The van der Waals surface area contributed by atoms with E-state index in [1.807, 2.05) is 44.2 Å². The van der Waals surface area contributed by atoms with Crippen molar-refractivity contribution in [2.24, 2.45) is 0 Å². The van der Waals surface area contributed by atoms with Crippen LogP contribution in [0.4, 0.5) is 5.69 Å². The van der Waals surface area contributed by atoms with Crippen molar-refractivity contribution in [2.45, 2.75) is 19.8 Å². The number of carbonyl (C=O) groups is 1. The standard InChI is InChI=1S/C15H16ClN3O/c1-10(2)14-17-9-12(16)13(18-14)15(20)19(3)11-7-5-4-6-8-11/h4-10H,1-3H3. The molecule has 0 spiro atoms.